The fourth-order valence-corrected chi connectivity index (χ4v) is 4.52. The van der Waals surface area contributed by atoms with Gasteiger partial charge in [-0.15, -0.1) is 0 Å². The molecule has 0 spiro atoms. The molecule has 1 fully saturated rings. The van der Waals surface area contributed by atoms with E-state index in [0.29, 0.717) is 28.5 Å². The lowest BCUT2D eigenvalue weighted by Crippen LogP contribution is -2.26. The van der Waals surface area contributed by atoms with E-state index in [1.54, 1.807) is 12.3 Å². The number of benzene rings is 2. The molecule has 3 aromatic heterocycles. The summed E-state index contributed by atoms with van der Waals surface area (Å²) in [5.74, 6) is 0.943. The van der Waals surface area contributed by atoms with E-state index in [4.69, 9.17) is 4.98 Å². The molecule has 6 rings (SSSR count). The third-order valence-electron chi connectivity index (χ3n) is 6.12. The van der Waals surface area contributed by atoms with Crippen LogP contribution < -0.4 is 5.32 Å². The van der Waals surface area contributed by atoms with Gasteiger partial charge in [0.2, 0.25) is 0 Å². The molecule has 0 radical (unpaired) electrons. The molecule has 3 N–H and O–H groups in total. The van der Waals surface area contributed by atoms with Crippen LogP contribution in [-0.2, 0) is 0 Å². The Balaban J connectivity index is 1.47. The maximum Gasteiger partial charge on any atom is 0.159 e. The summed E-state index contributed by atoms with van der Waals surface area (Å²) in [4.78, 5) is 12.7. The highest BCUT2D eigenvalue weighted by Crippen LogP contribution is 2.33. The standard InChI is InChI=1S/C24H21FN6/c25-17-3-1-2-16(12-17)21-23-20(8-11-27-21)28-24(29-23)22-18-13-15(4-5-19(18)30-31-22)14-6-9-26-10-7-14/h1-5,8,11-14,26H,6-7,9-10H2,(H,28,29)(H,30,31). The van der Waals surface area contributed by atoms with Crippen molar-refractivity contribution in [3.8, 4) is 22.8 Å². The lowest BCUT2D eigenvalue weighted by Gasteiger charge is -2.23. The summed E-state index contributed by atoms with van der Waals surface area (Å²) in [6, 6.07) is 14.8. The Bertz CT molecular complexity index is 1400. The molecule has 0 bridgehead atoms. The highest BCUT2D eigenvalue weighted by atomic mass is 19.1. The SMILES string of the molecule is Fc1cccc(-c2nccc3[nH]c(-c4n[nH]c5ccc(C6CCNCC6)cc45)nc23)c1. The average Bonchev–Trinajstić information content (AvgIpc) is 3.43. The van der Waals surface area contributed by atoms with Crippen molar-refractivity contribution in [3.05, 3.63) is 66.1 Å². The summed E-state index contributed by atoms with van der Waals surface area (Å²) in [6.07, 6.45) is 4.00. The van der Waals surface area contributed by atoms with E-state index in [1.807, 2.05) is 12.1 Å². The molecule has 0 saturated carbocycles. The Labute approximate surface area is 177 Å². The number of aromatic amines is 2. The molecular weight excluding hydrogens is 391 g/mol. The van der Waals surface area contributed by atoms with E-state index in [1.165, 1.54) is 17.7 Å². The van der Waals surface area contributed by atoms with Gasteiger partial charge in [-0.2, -0.15) is 5.10 Å². The van der Waals surface area contributed by atoms with Crippen LogP contribution in [0, 0.1) is 5.82 Å². The van der Waals surface area contributed by atoms with Gasteiger partial charge in [0.15, 0.2) is 5.82 Å². The maximum absolute atomic E-state index is 13.8. The molecule has 31 heavy (non-hydrogen) atoms. The first kappa shape index (κ1) is 18.2. The van der Waals surface area contributed by atoms with E-state index in [2.05, 4.69) is 43.7 Å². The van der Waals surface area contributed by atoms with Crippen LogP contribution in [0.2, 0.25) is 0 Å². The van der Waals surface area contributed by atoms with Crippen molar-refractivity contribution < 1.29 is 4.39 Å². The maximum atomic E-state index is 13.8. The molecule has 154 valence electrons. The number of imidazole rings is 1. The molecule has 0 aliphatic carbocycles. The third kappa shape index (κ3) is 3.18. The lowest BCUT2D eigenvalue weighted by atomic mass is 9.89. The van der Waals surface area contributed by atoms with Gasteiger partial charge in [-0.05, 0) is 67.7 Å². The van der Waals surface area contributed by atoms with Crippen LogP contribution in [0.15, 0.2) is 54.7 Å². The molecule has 7 heteroatoms. The van der Waals surface area contributed by atoms with Crippen molar-refractivity contribution in [3.63, 3.8) is 0 Å². The second-order valence-corrected chi connectivity index (χ2v) is 8.05. The fourth-order valence-electron chi connectivity index (χ4n) is 4.52. The van der Waals surface area contributed by atoms with Crippen molar-refractivity contribution in [2.45, 2.75) is 18.8 Å². The third-order valence-corrected chi connectivity index (χ3v) is 6.12. The molecular formula is C24H21FN6. The molecule has 2 aromatic carbocycles. The van der Waals surface area contributed by atoms with Crippen LogP contribution in [0.4, 0.5) is 4.39 Å². The van der Waals surface area contributed by atoms with Gasteiger partial charge in [-0.1, -0.05) is 18.2 Å². The van der Waals surface area contributed by atoms with Crippen molar-refractivity contribution in [2.75, 3.05) is 13.1 Å². The van der Waals surface area contributed by atoms with E-state index < -0.39 is 0 Å². The number of nitrogens with zero attached hydrogens (tertiary/aromatic N) is 3. The quantitative estimate of drug-likeness (QED) is 0.399. The second-order valence-electron chi connectivity index (χ2n) is 8.05. The number of aromatic nitrogens is 5. The highest BCUT2D eigenvalue weighted by molar-refractivity contribution is 5.96. The zero-order valence-electron chi connectivity index (χ0n) is 16.8. The van der Waals surface area contributed by atoms with Crippen molar-refractivity contribution >= 4 is 21.9 Å². The summed E-state index contributed by atoms with van der Waals surface area (Å²) in [7, 11) is 0. The van der Waals surface area contributed by atoms with Gasteiger partial charge < -0.3 is 10.3 Å². The van der Waals surface area contributed by atoms with Crippen LogP contribution in [-0.4, -0.2) is 38.2 Å². The molecule has 1 aliphatic rings. The number of fused-ring (bicyclic) bond motifs is 2. The normalized spacial score (nSPS) is 15.1. The monoisotopic (exact) mass is 412 g/mol. The minimum atomic E-state index is -0.296. The number of H-pyrrole nitrogens is 2. The van der Waals surface area contributed by atoms with Crippen LogP contribution in [0.5, 0.6) is 0 Å². The second kappa shape index (κ2) is 7.28. The van der Waals surface area contributed by atoms with Gasteiger partial charge in [0, 0.05) is 17.1 Å². The summed E-state index contributed by atoms with van der Waals surface area (Å²) < 4.78 is 13.8. The van der Waals surface area contributed by atoms with Crippen molar-refractivity contribution in [2.24, 2.45) is 0 Å². The highest BCUT2D eigenvalue weighted by Gasteiger charge is 2.19. The van der Waals surface area contributed by atoms with Crippen LogP contribution in [0.25, 0.3) is 44.7 Å². The van der Waals surface area contributed by atoms with E-state index >= 15 is 0 Å². The molecule has 1 aliphatic heterocycles. The number of rotatable bonds is 3. The summed E-state index contributed by atoms with van der Waals surface area (Å²) in [5, 5.41) is 12.2. The molecule has 5 aromatic rings. The fraction of sp³-hybridized carbons (Fsp3) is 0.208. The predicted octanol–water partition coefficient (Wildman–Crippen LogP) is 4.77. The van der Waals surface area contributed by atoms with Gasteiger partial charge in [-0.3, -0.25) is 10.1 Å². The number of nitrogens with one attached hydrogen (secondary N) is 3. The minimum absolute atomic E-state index is 0.296. The topological polar surface area (TPSA) is 82.3 Å². The first-order chi connectivity index (χ1) is 15.3. The van der Waals surface area contributed by atoms with E-state index in [-0.39, 0.29) is 5.82 Å². The largest absolute Gasteiger partial charge is 0.336 e. The number of pyridine rings is 1. The first-order valence-electron chi connectivity index (χ1n) is 10.6. The van der Waals surface area contributed by atoms with E-state index in [9.17, 15) is 4.39 Å². The molecule has 6 nitrogen and oxygen atoms in total. The predicted molar refractivity (Wildman–Crippen MR) is 119 cm³/mol. The number of halogens is 1. The molecule has 0 atom stereocenters. The van der Waals surface area contributed by atoms with Gasteiger partial charge in [-0.25, -0.2) is 9.37 Å². The van der Waals surface area contributed by atoms with Crippen LogP contribution >= 0.6 is 0 Å². The van der Waals surface area contributed by atoms with E-state index in [0.717, 1.165) is 48.0 Å². The number of piperidine rings is 1. The smallest absolute Gasteiger partial charge is 0.159 e. The first-order valence-corrected chi connectivity index (χ1v) is 10.6. The Morgan fingerprint density at radius 3 is 2.71 bits per heavy atom. The molecule has 1 saturated heterocycles. The molecule has 0 unspecified atom stereocenters. The van der Waals surface area contributed by atoms with Crippen molar-refractivity contribution in [1.29, 1.82) is 0 Å². The summed E-state index contributed by atoms with van der Waals surface area (Å²) in [5.41, 5.74) is 6.00. The molecule has 4 heterocycles. The van der Waals surface area contributed by atoms with Gasteiger partial charge >= 0.3 is 0 Å². The zero-order valence-corrected chi connectivity index (χ0v) is 16.8. The minimum Gasteiger partial charge on any atom is -0.336 e. The molecule has 0 amide bonds. The number of hydrogen-bond donors (Lipinski definition) is 3. The Morgan fingerprint density at radius 2 is 1.84 bits per heavy atom. The lowest BCUT2D eigenvalue weighted by molar-refractivity contribution is 0.460. The van der Waals surface area contributed by atoms with Gasteiger partial charge in [0.05, 0.1) is 16.7 Å². The van der Waals surface area contributed by atoms with Crippen molar-refractivity contribution in [1.82, 2.24) is 30.5 Å². The Morgan fingerprint density at radius 1 is 0.935 bits per heavy atom. The van der Waals surface area contributed by atoms with Crippen LogP contribution in [0.1, 0.15) is 24.3 Å². The Kier molecular flexibility index (Phi) is 4.28. The average molecular weight is 412 g/mol. The number of hydrogen-bond acceptors (Lipinski definition) is 4. The summed E-state index contributed by atoms with van der Waals surface area (Å²) >= 11 is 0. The van der Waals surface area contributed by atoms with Gasteiger partial charge in [0.25, 0.3) is 0 Å². The summed E-state index contributed by atoms with van der Waals surface area (Å²) in [6.45, 7) is 2.11. The van der Waals surface area contributed by atoms with Crippen LogP contribution in [0.3, 0.4) is 0 Å². The van der Waals surface area contributed by atoms with Gasteiger partial charge in [0.1, 0.15) is 17.0 Å². The zero-order chi connectivity index (χ0) is 20.8. The Hall–Kier alpha value is -3.58.